The smallest absolute Gasteiger partial charge is 0.100 e. The Morgan fingerprint density at radius 2 is 1.56 bits per heavy atom. The zero-order valence-corrected chi connectivity index (χ0v) is 10.5. The standard InChI is InChI=1S/C15H23B/c1-12-8-10-15(11-9-12)16-13-4-2-5-14(16)7-3-6-13/h8,11,13-14H,2-7,9-10H2,1H3. The Morgan fingerprint density at radius 1 is 0.938 bits per heavy atom. The zero-order valence-electron chi connectivity index (χ0n) is 10.5. The number of allylic oxidation sites excluding steroid dienone is 4. The molecule has 1 aliphatic carbocycles. The van der Waals surface area contributed by atoms with Crippen LogP contribution < -0.4 is 0 Å². The molecular weight excluding hydrogens is 191 g/mol. The highest BCUT2D eigenvalue weighted by Crippen LogP contribution is 2.49. The highest BCUT2D eigenvalue weighted by Gasteiger charge is 2.40. The summed E-state index contributed by atoms with van der Waals surface area (Å²) >= 11 is 0. The van der Waals surface area contributed by atoms with Gasteiger partial charge in [0.05, 0.1) is 0 Å². The molecule has 3 aliphatic rings. The van der Waals surface area contributed by atoms with Crippen molar-refractivity contribution < 1.29 is 0 Å². The molecule has 2 fully saturated rings. The number of hydrogen-bond acceptors (Lipinski definition) is 0. The Bertz CT molecular complexity index is 304. The highest BCUT2D eigenvalue weighted by atomic mass is 14.3. The number of rotatable bonds is 1. The van der Waals surface area contributed by atoms with Gasteiger partial charge in [-0.2, -0.15) is 0 Å². The van der Waals surface area contributed by atoms with Crippen molar-refractivity contribution in [2.24, 2.45) is 0 Å². The van der Waals surface area contributed by atoms with E-state index < -0.39 is 0 Å². The molecule has 0 amide bonds. The lowest BCUT2D eigenvalue weighted by atomic mass is 9.24. The molecule has 0 spiro atoms. The number of hydrogen-bond donors (Lipinski definition) is 0. The fourth-order valence-corrected chi connectivity index (χ4v) is 4.30. The molecule has 2 saturated heterocycles. The van der Waals surface area contributed by atoms with E-state index in [1.165, 1.54) is 51.4 Å². The van der Waals surface area contributed by atoms with Crippen LogP contribution in [0.4, 0.5) is 0 Å². The third-order valence-corrected chi connectivity index (χ3v) is 5.12. The van der Waals surface area contributed by atoms with E-state index in [1.54, 1.807) is 11.0 Å². The van der Waals surface area contributed by atoms with E-state index in [-0.39, 0.29) is 0 Å². The predicted octanol–water partition coefficient (Wildman–Crippen LogP) is 4.80. The van der Waals surface area contributed by atoms with Crippen molar-refractivity contribution in [3.63, 3.8) is 0 Å². The molecule has 2 bridgehead atoms. The third kappa shape index (κ3) is 1.89. The van der Waals surface area contributed by atoms with E-state index >= 15 is 0 Å². The van der Waals surface area contributed by atoms with Gasteiger partial charge in [-0.25, -0.2) is 0 Å². The summed E-state index contributed by atoms with van der Waals surface area (Å²) in [6, 6.07) is 0. The quantitative estimate of drug-likeness (QED) is 0.434. The molecule has 0 radical (unpaired) electrons. The highest BCUT2D eigenvalue weighted by molar-refractivity contribution is 6.70. The topological polar surface area (TPSA) is 0 Å². The van der Waals surface area contributed by atoms with E-state index in [9.17, 15) is 0 Å². The lowest BCUT2D eigenvalue weighted by molar-refractivity contribution is 0.445. The van der Waals surface area contributed by atoms with Gasteiger partial charge in [0, 0.05) is 0 Å². The van der Waals surface area contributed by atoms with Crippen LogP contribution in [0.15, 0.2) is 23.2 Å². The minimum atomic E-state index is 0.979. The van der Waals surface area contributed by atoms with Crippen molar-refractivity contribution in [1.29, 1.82) is 0 Å². The van der Waals surface area contributed by atoms with E-state index in [1.807, 2.05) is 0 Å². The maximum atomic E-state index is 2.57. The minimum absolute atomic E-state index is 0.979. The summed E-state index contributed by atoms with van der Waals surface area (Å²) in [6.07, 6.45) is 16.6. The van der Waals surface area contributed by atoms with E-state index in [4.69, 9.17) is 0 Å². The van der Waals surface area contributed by atoms with Crippen molar-refractivity contribution in [1.82, 2.24) is 0 Å². The molecule has 0 unspecified atom stereocenters. The van der Waals surface area contributed by atoms with Crippen LogP contribution in [0.25, 0.3) is 0 Å². The Labute approximate surface area is 100 Å². The SMILES string of the molecule is CC1=CCC(B2C3CCCC2CCC3)=CC1. The van der Waals surface area contributed by atoms with Gasteiger partial charge in [0.25, 0.3) is 0 Å². The summed E-state index contributed by atoms with van der Waals surface area (Å²) < 4.78 is 0. The molecule has 16 heavy (non-hydrogen) atoms. The monoisotopic (exact) mass is 214 g/mol. The van der Waals surface area contributed by atoms with Gasteiger partial charge in [-0.3, -0.25) is 0 Å². The fourth-order valence-electron chi connectivity index (χ4n) is 4.30. The average Bonchev–Trinajstić information content (AvgIpc) is 2.29. The van der Waals surface area contributed by atoms with E-state index in [0.29, 0.717) is 0 Å². The summed E-state index contributed by atoms with van der Waals surface area (Å²) in [7, 11) is 0. The first-order valence-electron chi connectivity index (χ1n) is 7.19. The molecule has 0 aromatic rings. The Balaban J connectivity index is 1.78. The molecule has 0 nitrogen and oxygen atoms in total. The fraction of sp³-hybridized carbons (Fsp3) is 0.733. The Morgan fingerprint density at radius 3 is 2.06 bits per heavy atom. The second kappa shape index (κ2) is 4.43. The lowest BCUT2D eigenvalue weighted by Crippen LogP contribution is -2.36. The summed E-state index contributed by atoms with van der Waals surface area (Å²) in [5.74, 6) is 2.09. The van der Waals surface area contributed by atoms with E-state index in [0.717, 1.165) is 18.3 Å². The van der Waals surface area contributed by atoms with Crippen molar-refractivity contribution in [3.05, 3.63) is 23.2 Å². The summed E-state index contributed by atoms with van der Waals surface area (Å²) in [6.45, 7) is 3.25. The Kier molecular flexibility index (Phi) is 2.96. The van der Waals surface area contributed by atoms with Crippen molar-refractivity contribution in [3.8, 4) is 0 Å². The van der Waals surface area contributed by atoms with Crippen LogP contribution in [-0.2, 0) is 0 Å². The summed E-state index contributed by atoms with van der Waals surface area (Å²) in [5, 5.41) is 0. The molecule has 0 saturated carbocycles. The lowest BCUT2D eigenvalue weighted by Gasteiger charge is -2.42. The maximum absolute atomic E-state index is 2.57. The zero-order chi connectivity index (χ0) is 11.0. The molecule has 1 heteroatoms. The first-order valence-corrected chi connectivity index (χ1v) is 7.19. The second-order valence-corrected chi connectivity index (χ2v) is 6.15. The normalized spacial score (nSPS) is 34.4. The first kappa shape index (κ1) is 10.7. The minimum Gasteiger partial charge on any atom is -0.100 e. The van der Waals surface area contributed by atoms with Gasteiger partial charge in [-0.15, -0.1) is 5.47 Å². The molecule has 2 heterocycles. The van der Waals surface area contributed by atoms with Crippen LogP contribution in [0.1, 0.15) is 58.3 Å². The molecular formula is C15H23B. The summed E-state index contributed by atoms with van der Waals surface area (Å²) in [4.78, 5) is 0. The van der Waals surface area contributed by atoms with Gasteiger partial charge in [-0.05, 0) is 19.8 Å². The molecule has 2 aliphatic heterocycles. The average molecular weight is 214 g/mol. The van der Waals surface area contributed by atoms with E-state index in [2.05, 4.69) is 19.1 Å². The van der Waals surface area contributed by atoms with Gasteiger partial charge < -0.3 is 0 Å². The predicted molar refractivity (Wildman–Crippen MR) is 72.0 cm³/mol. The van der Waals surface area contributed by atoms with Crippen molar-refractivity contribution >= 4 is 6.71 Å². The van der Waals surface area contributed by atoms with Crippen LogP contribution in [0, 0.1) is 0 Å². The van der Waals surface area contributed by atoms with Gasteiger partial charge in [0.2, 0.25) is 0 Å². The van der Waals surface area contributed by atoms with Crippen molar-refractivity contribution in [2.45, 2.75) is 69.9 Å². The molecule has 0 N–H and O–H groups in total. The second-order valence-electron chi connectivity index (χ2n) is 6.15. The molecule has 86 valence electrons. The Hall–Kier alpha value is -0.455. The van der Waals surface area contributed by atoms with Gasteiger partial charge in [-0.1, -0.05) is 67.9 Å². The van der Waals surface area contributed by atoms with Crippen LogP contribution in [-0.4, -0.2) is 6.71 Å². The maximum Gasteiger partial charge on any atom is 0.176 e. The van der Waals surface area contributed by atoms with Crippen LogP contribution >= 0.6 is 0 Å². The first-order chi connectivity index (χ1) is 7.84. The van der Waals surface area contributed by atoms with Crippen LogP contribution in [0.3, 0.4) is 0 Å². The molecule has 3 rings (SSSR count). The molecule has 0 aromatic heterocycles. The molecule has 0 aromatic carbocycles. The van der Waals surface area contributed by atoms with Gasteiger partial charge in [0.1, 0.15) is 0 Å². The van der Waals surface area contributed by atoms with Gasteiger partial charge >= 0.3 is 0 Å². The molecule has 0 atom stereocenters. The van der Waals surface area contributed by atoms with Gasteiger partial charge in [0.15, 0.2) is 6.71 Å². The van der Waals surface area contributed by atoms with Crippen LogP contribution in [0.2, 0.25) is 11.6 Å². The van der Waals surface area contributed by atoms with Crippen LogP contribution in [0.5, 0.6) is 0 Å². The summed E-state index contributed by atoms with van der Waals surface area (Å²) in [5.41, 5.74) is 3.38. The number of fused-ring (bicyclic) bond motifs is 2. The largest absolute Gasteiger partial charge is 0.176 e. The van der Waals surface area contributed by atoms with Crippen molar-refractivity contribution in [2.75, 3.05) is 0 Å². The third-order valence-electron chi connectivity index (χ3n) is 5.12.